The molecule has 1 aromatic heterocycles. The Bertz CT molecular complexity index is 760. The molecule has 23 heavy (non-hydrogen) atoms. The summed E-state index contributed by atoms with van der Waals surface area (Å²) in [6.07, 6.45) is 0.425. The van der Waals surface area contributed by atoms with E-state index in [4.69, 9.17) is 16.3 Å². The maximum absolute atomic E-state index is 11.5. The lowest BCUT2D eigenvalue weighted by Crippen LogP contribution is -2.51. The molecular formula is C16H16ClNO5. The highest BCUT2D eigenvalue weighted by Gasteiger charge is 2.48. The van der Waals surface area contributed by atoms with E-state index >= 15 is 0 Å². The summed E-state index contributed by atoms with van der Waals surface area (Å²) < 4.78 is 5.42. The van der Waals surface area contributed by atoms with Crippen LogP contribution in [0.15, 0.2) is 24.3 Å². The van der Waals surface area contributed by atoms with E-state index in [2.05, 4.69) is 4.98 Å². The molecule has 0 aliphatic carbocycles. The highest BCUT2D eigenvalue weighted by Crippen LogP contribution is 2.33. The van der Waals surface area contributed by atoms with Gasteiger partial charge in [0.15, 0.2) is 0 Å². The van der Waals surface area contributed by atoms with Crippen molar-refractivity contribution in [2.45, 2.75) is 32.3 Å². The van der Waals surface area contributed by atoms with Crippen molar-refractivity contribution in [3.05, 3.63) is 35.0 Å². The van der Waals surface area contributed by atoms with Gasteiger partial charge in [-0.15, -0.1) is 0 Å². The van der Waals surface area contributed by atoms with Gasteiger partial charge in [-0.3, -0.25) is 0 Å². The van der Waals surface area contributed by atoms with E-state index in [1.807, 2.05) is 6.92 Å². The van der Waals surface area contributed by atoms with E-state index in [0.29, 0.717) is 22.3 Å². The van der Waals surface area contributed by atoms with Crippen LogP contribution in [0.1, 0.15) is 26.0 Å². The van der Waals surface area contributed by atoms with Crippen molar-refractivity contribution in [3.8, 4) is 5.75 Å². The molecule has 0 amide bonds. The van der Waals surface area contributed by atoms with Gasteiger partial charge in [-0.1, -0.05) is 25.4 Å². The number of nitrogens with zero attached hydrogens (tertiary/aromatic N) is 1. The van der Waals surface area contributed by atoms with Crippen LogP contribution < -0.4 is 4.74 Å². The molecule has 1 heterocycles. The molecule has 0 spiro atoms. The van der Waals surface area contributed by atoms with Gasteiger partial charge in [0.25, 0.3) is 5.60 Å². The van der Waals surface area contributed by atoms with Crippen LogP contribution in [0.5, 0.6) is 5.75 Å². The number of aliphatic carboxylic acids is 2. The number of rotatable bonds is 6. The number of carboxylic acid groups (broad SMARTS) is 2. The number of pyridine rings is 1. The largest absolute Gasteiger partial charge is 0.478 e. The van der Waals surface area contributed by atoms with Gasteiger partial charge in [0.05, 0.1) is 5.02 Å². The molecular weight excluding hydrogens is 322 g/mol. The second-order valence-corrected chi connectivity index (χ2v) is 5.40. The lowest BCUT2D eigenvalue weighted by molar-refractivity contribution is -0.172. The van der Waals surface area contributed by atoms with Crippen molar-refractivity contribution in [2.24, 2.45) is 0 Å². The molecule has 0 bridgehead atoms. The molecule has 0 fully saturated rings. The van der Waals surface area contributed by atoms with Crippen LogP contribution in [0, 0.1) is 0 Å². The molecule has 6 nitrogen and oxygen atoms in total. The zero-order chi connectivity index (χ0) is 17.2. The SMILES string of the molecule is CCc1ccc2c(Cl)ccc(OC(CC)(C(=O)O)C(=O)O)c2n1. The summed E-state index contributed by atoms with van der Waals surface area (Å²) in [6, 6.07) is 6.52. The topological polar surface area (TPSA) is 96.7 Å². The average molecular weight is 338 g/mol. The Kier molecular flexibility index (Phi) is 4.75. The first-order valence-electron chi connectivity index (χ1n) is 7.09. The maximum Gasteiger partial charge on any atom is 0.360 e. The second kappa shape index (κ2) is 6.42. The molecule has 7 heteroatoms. The number of aromatic nitrogens is 1. The summed E-state index contributed by atoms with van der Waals surface area (Å²) in [4.78, 5) is 27.3. The van der Waals surface area contributed by atoms with Crippen LogP contribution >= 0.6 is 11.6 Å². The zero-order valence-corrected chi connectivity index (χ0v) is 13.4. The molecule has 0 unspecified atom stereocenters. The van der Waals surface area contributed by atoms with Gasteiger partial charge >= 0.3 is 11.9 Å². The molecule has 0 aliphatic heterocycles. The number of halogens is 1. The summed E-state index contributed by atoms with van der Waals surface area (Å²) >= 11 is 6.13. The standard InChI is InChI=1S/C16H16ClNO5/c1-3-9-5-6-10-11(17)7-8-12(13(10)18-9)23-16(4-2,14(19)20)15(21)22/h5-8H,3-4H2,1-2H3,(H,19,20)(H,21,22). The maximum atomic E-state index is 11.5. The quantitative estimate of drug-likeness (QED) is 0.786. The zero-order valence-electron chi connectivity index (χ0n) is 12.7. The summed E-state index contributed by atoms with van der Waals surface area (Å²) in [6.45, 7) is 3.36. The normalized spacial score (nSPS) is 11.4. The Morgan fingerprint density at radius 1 is 1.17 bits per heavy atom. The van der Waals surface area contributed by atoms with Crippen molar-refractivity contribution in [3.63, 3.8) is 0 Å². The van der Waals surface area contributed by atoms with Gasteiger partial charge in [0.2, 0.25) is 0 Å². The predicted molar refractivity (Wildman–Crippen MR) is 85.1 cm³/mol. The van der Waals surface area contributed by atoms with Gasteiger partial charge in [-0.25, -0.2) is 14.6 Å². The number of hydrogen-bond donors (Lipinski definition) is 2. The smallest absolute Gasteiger partial charge is 0.360 e. The number of aryl methyl sites for hydroxylation is 1. The molecule has 122 valence electrons. The van der Waals surface area contributed by atoms with Crippen molar-refractivity contribution in [1.82, 2.24) is 4.98 Å². The highest BCUT2D eigenvalue weighted by molar-refractivity contribution is 6.35. The van der Waals surface area contributed by atoms with E-state index in [1.54, 1.807) is 12.1 Å². The van der Waals surface area contributed by atoms with E-state index in [-0.39, 0.29) is 12.2 Å². The Balaban J connectivity index is 2.65. The fourth-order valence-electron chi connectivity index (χ4n) is 2.22. The minimum atomic E-state index is -2.37. The monoisotopic (exact) mass is 337 g/mol. The first-order valence-corrected chi connectivity index (χ1v) is 7.47. The second-order valence-electron chi connectivity index (χ2n) is 4.99. The van der Waals surface area contributed by atoms with Crippen molar-refractivity contribution >= 4 is 34.4 Å². The molecule has 2 rings (SSSR count). The van der Waals surface area contributed by atoms with Gasteiger partial charge in [-0.05, 0) is 30.7 Å². The Hall–Kier alpha value is -2.34. The molecule has 0 atom stereocenters. The van der Waals surface area contributed by atoms with Gasteiger partial charge in [0, 0.05) is 17.5 Å². The summed E-state index contributed by atoms with van der Waals surface area (Å²) in [5.74, 6) is -3.06. The van der Waals surface area contributed by atoms with E-state index in [0.717, 1.165) is 5.69 Å². The van der Waals surface area contributed by atoms with Crippen LogP contribution in [0.25, 0.3) is 10.9 Å². The third-order valence-electron chi connectivity index (χ3n) is 3.66. The minimum Gasteiger partial charge on any atom is -0.478 e. The lowest BCUT2D eigenvalue weighted by atomic mass is 10.0. The molecule has 0 saturated heterocycles. The molecule has 1 aromatic carbocycles. The lowest BCUT2D eigenvalue weighted by Gasteiger charge is -2.25. The summed E-state index contributed by atoms with van der Waals surface area (Å²) in [7, 11) is 0. The number of hydrogen-bond acceptors (Lipinski definition) is 4. The predicted octanol–water partition coefficient (Wildman–Crippen LogP) is 3.15. The molecule has 0 radical (unpaired) electrons. The molecule has 0 aliphatic rings. The van der Waals surface area contributed by atoms with Crippen LogP contribution in [-0.2, 0) is 16.0 Å². The molecule has 0 saturated carbocycles. The molecule has 2 aromatic rings. The number of fused-ring (bicyclic) bond motifs is 1. The van der Waals surface area contributed by atoms with Crippen molar-refractivity contribution in [1.29, 1.82) is 0 Å². The third kappa shape index (κ3) is 2.94. The van der Waals surface area contributed by atoms with Gasteiger partial charge in [0.1, 0.15) is 11.3 Å². The fraction of sp³-hybridized carbons (Fsp3) is 0.312. The summed E-state index contributed by atoms with van der Waals surface area (Å²) in [5.41, 5.74) is -1.26. The Morgan fingerprint density at radius 2 is 1.83 bits per heavy atom. The first kappa shape index (κ1) is 17.0. The Morgan fingerprint density at radius 3 is 2.35 bits per heavy atom. The minimum absolute atomic E-state index is 0.0753. The van der Waals surface area contributed by atoms with Crippen LogP contribution in [-0.4, -0.2) is 32.7 Å². The van der Waals surface area contributed by atoms with Gasteiger partial charge in [-0.2, -0.15) is 0 Å². The molecule has 2 N–H and O–H groups in total. The van der Waals surface area contributed by atoms with Crippen molar-refractivity contribution in [2.75, 3.05) is 0 Å². The summed E-state index contributed by atoms with van der Waals surface area (Å²) in [5, 5.41) is 19.7. The number of carboxylic acids is 2. The van der Waals surface area contributed by atoms with Crippen LogP contribution in [0.3, 0.4) is 0 Å². The van der Waals surface area contributed by atoms with Crippen molar-refractivity contribution < 1.29 is 24.5 Å². The van der Waals surface area contributed by atoms with Gasteiger partial charge < -0.3 is 14.9 Å². The third-order valence-corrected chi connectivity index (χ3v) is 3.99. The van der Waals surface area contributed by atoms with E-state index < -0.39 is 17.5 Å². The average Bonchev–Trinajstić information content (AvgIpc) is 2.53. The fourth-order valence-corrected chi connectivity index (χ4v) is 2.43. The van der Waals surface area contributed by atoms with E-state index in [9.17, 15) is 19.8 Å². The Labute approximate surface area is 137 Å². The van der Waals surface area contributed by atoms with Crippen LogP contribution in [0.4, 0.5) is 0 Å². The van der Waals surface area contributed by atoms with E-state index in [1.165, 1.54) is 19.1 Å². The first-order chi connectivity index (χ1) is 10.9. The number of carbonyl (C=O) groups is 2. The number of benzene rings is 1. The number of ether oxygens (including phenoxy) is 1. The van der Waals surface area contributed by atoms with Crippen LogP contribution in [0.2, 0.25) is 5.02 Å². The highest BCUT2D eigenvalue weighted by atomic mass is 35.5.